The topological polar surface area (TPSA) is 72.8 Å². The smallest absolute Gasteiger partial charge is 0.323 e. The maximum absolute atomic E-state index is 11.9. The minimum Gasteiger partial charge on any atom is -0.422 e. The van der Waals surface area contributed by atoms with Crippen molar-refractivity contribution in [1.82, 2.24) is 0 Å². The zero-order valence-electron chi connectivity index (χ0n) is 12.7. The van der Waals surface area contributed by atoms with E-state index in [0.717, 1.165) is 11.1 Å². The Bertz CT molecular complexity index is 568. The van der Waals surface area contributed by atoms with Crippen molar-refractivity contribution in [1.29, 1.82) is 0 Å². The third-order valence-electron chi connectivity index (χ3n) is 3.42. The Kier molecular flexibility index (Phi) is 4.98. The van der Waals surface area contributed by atoms with Crippen LogP contribution in [0.25, 0.3) is 6.08 Å². The summed E-state index contributed by atoms with van der Waals surface area (Å²) in [6, 6.07) is 7.64. The van der Waals surface area contributed by atoms with Gasteiger partial charge in [-0.3, -0.25) is 9.59 Å². The normalized spacial score (nSPS) is 18.3. The molecule has 118 valence electrons. The first-order valence-corrected chi connectivity index (χ1v) is 7.24. The molecule has 22 heavy (non-hydrogen) atoms. The van der Waals surface area contributed by atoms with Gasteiger partial charge in [0.1, 0.15) is 0 Å². The number of aliphatic hydroxyl groups excluding tert-OH is 1. The van der Waals surface area contributed by atoms with E-state index in [-0.39, 0.29) is 6.61 Å². The van der Waals surface area contributed by atoms with Crippen LogP contribution >= 0.6 is 0 Å². The molecule has 0 aliphatic carbocycles. The molecule has 5 nitrogen and oxygen atoms in total. The van der Waals surface area contributed by atoms with E-state index in [4.69, 9.17) is 14.6 Å². The molecule has 1 heterocycles. The number of hydrogen-bond acceptors (Lipinski definition) is 5. The SMILES string of the molecule is CC1(C)OC(=O)C(CCc2ccccc2/C=C/CO)C(=O)O1. The molecule has 1 aromatic carbocycles. The highest BCUT2D eigenvalue weighted by molar-refractivity contribution is 5.96. The molecular formula is C17H20O5. The summed E-state index contributed by atoms with van der Waals surface area (Å²) in [6.07, 6.45) is 4.33. The lowest BCUT2D eigenvalue weighted by Crippen LogP contribution is -2.46. The van der Waals surface area contributed by atoms with E-state index in [9.17, 15) is 9.59 Å². The van der Waals surface area contributed by atoms with E-state index in [1.807, 2.05) is 30.3 Å². The molecule has 0 saturated carbocycles. The van der Waals surface area contributed by atoms with Gasteiger partial charge in [-0.25, -0.2) is 0 Å². The maximum atomic E-state index is 11.9. The van der Waals surface area contributed by atoms with E-state index in [1.54, 1.807) is 6.08 Å². The van der Waals surface area contributed by atoms with E-state index in [0.29, 0.717) is 12.8 Å². The molecule has 1 aromatic rings. The standard InChI is InChI=1S/C17H20O5/c1-17(2)21-15(19)14(16(20)22-17)10-9-13-7-4-3-6-12(13)8-5-11-18/h3-8,14,18H,9-11H2,1-2H3/b8-5+. The number of ether oxygens (including phenoxy) is 2. The van der Waals surface area contributed by atoms with Gasteiger partial charge in [-0.05, 0) is 24.0 Å². The van der Waals surface area contributed by atoms with Crippen LogP contribution in [0.3, 0.4) is 0 Å². The lowest BCUT2D eigenvalue weighted by Gasteiger charge is -2.32. The Hall–Kier alpha value is -2.14. The van der Waals surface area contributed by atoms with Crippen molar-refractivity contribution in [2.24, 2.45) is 5.92 Å². The molecule has 1 aliphatic heterocycles. The molecule has 5 heteroatoms. The molecule has 1 N–H and O–H groups in total. The number of cyclic esters (lactones) is 2. The van der Waals surface area contributed by atoms with Gasteiger partial charge >= 0.3 is 11.9 Å². The molecular weight excluding hydrogens is 284 g/mol. The lowest BCUT2D eigenvalue weighted by molar-refractivity contribution is -0.240. The largest absolute Gasteiger partial charge is 0.422 e. The molecule has 0 amide bonds. The zero-order chi connectivity index (χ0) is 16.2. The number of carbonyl (C=O) groups excluding carboxylic acids is 2. The highest BCUT2D eigenvalue weighted by Crippen LogP contribution is 2.26. The van der Waals surface area contributed by atoms with Crippen LogP contribution in [-0.4, -0.2) is 29.4 Å². The minimum absolute atomic E-state index is 0.0370. The van der Waals surface area contributed by atoms with Crippen molar-refractivity contribution in [3.05, 3.63) is 41.5 Å². The summed E-state index contributed by atoms with van der Waals surface area (Å²) >= 11 is 0. The van der Waals surface area contributed by atoms with Crippen LogP contribution in [0.2, 0.25) is 0 Å². The Labute approximate surface area is 129 Å². The summed E-state index contributed by atoms with van der Waals surface area (Å²) in [6.45, 7) is 3.03. The minimum atomic E-state index is -1.19. The summed E-state index contributed by atoms with van der Waals surface area (Å²) in [5, 5.41) is 8.86. The van der Waals surface area contributed by atoms with Crippen LogP contribution < -0.4 is 0 Å². The predicted molar refractivity (Wildman–Crippen MR) is 80.6 cm³/mol. The van der Waals surface area contributed by atoms with Crippen LogP contribution in [-0.2, 0) is 25.5 Å². The third-order valence-corrected chi connectivity index (χ3v) is 3.42. The molecule has 1 aliphatic rings. The van der Waals surface area contributed by atoms with Crippen LogP contribution in [0.15, 0.2) is 30.3 Å². The second-order valence-corrected chi connectivity index (χ2v) is 5.62. The van der Waals surface area contributed by atoms with Gasteiger partial charge in [-0.1, -0.05) is 36.4 Å². The number of aryl methyl sites for hydroxylation is 1. The average Bonchev–Trinajstić information content (AvgIpc) is 2.44. The van der Waals surface area contributed by atoms with Gasteiger partial charge in [-0.15, -0.1) is 0 Å². The number of benzene rings is 1. The molecule has 1 fully saturated rings. The fraction of sp³-hybridized carbons (Fsp3) is 0.412. The van der Waals surface area contributed by atoms with Crippen molar-refractivity contribution in [3.8, 4) is 0 Å². The Morgan fingerprint density at radius 3 is 2.45 bits per heavy atom. The molecule has 0 radical (unpaired) electrons. The fourth-order valence-electron chi connectivity index (χ4n) is 2.38. The van der Waals surface area contributed by atoms with Gasteiger partial charge in [0.25, 0.3) is 5.79 Å². The number of aliphatic hydroxyl groups is 1. The second kappa shape index (κ2) is 6.75. The quantitative estimate of drug-likeness (QED) is 0.666. The van der Waals surface area contributed by atoms with Crippen LogP contribution in [0.1, 0.15) is 31.4 Å². The summed E-state index contributed by atoms with van der Waals surface area (Å²) in [5.41, 5.74) is 1.95. The number of carbonyl (C=O) groups is 2. The van der Waals surface area contributed by atoms with E-state index in [1.165, 1.54) is 13.8 Å². The highest BCUT2D eigenvalue weighted by Gasteiger charge is 2.42. The van der Waals surface area contributed by atoms with Gasteiger partial charge in [0.15, 0.2) is 5.92 Å². The average molecular weight is 304 g/mol. The molecule has 0 unspecified atom stereocenters. The Morgan fingerprint density at radius 1 is 1.18 bits per heavy atom. The summed E-state index contributed by atoms with van der Waals surface area (Å²) in [5.74, 6) is -3.15. The van der Waals surface area contributed by atoms with Gasteiger partial charge in [0.05, 0.1) is 6.61 Å². The first-order chi connectivity index (χ1) is 10.4. The van der Waals surface area contributed by atoms with Crippen LogP contribution in [0.5, 0.6) is 0 Å². The first kappa shape index (κ1) is 16.2. The van der Waals surface area contributed by atoms with E-state index < -0.39 is 23.6 Å². The zero-order valence-corrected chi connectivity index (χ0v) is 12.7. The van der Waals surface area contributed by atoms with Gasteiger partial charge < -0.3 is 14.6 Å². The van der Waals surface area contributed by atoms with Crippen molar-refractivity contribution in [3.63, 3.8) is 0 Å². The van der Waals surface area contributed by atoms with Crippen molar-refractivity contribution in [2.45, 2.75) is 32.5 Å². The van der Waals surface area contributed by atoms with Crippen LogP contribution in [0, 0.1) is 5.92 Å². The van der Waals surface area contributed by atoms with Crippen molar-refractivity contribution in [2.75, 3.05) is 6.61 Å². The monoisotopic (exact) mass is 304 g/mol. The van der Waals surface area contributed by atoms with Gasteiger partial charge in [-0.2, -0.15) is 0 Å². The first-order valence-electron chi connectivity index (χ1n) is 7.24. The number of rotatable bonds is 5. The highest BCUT2D eigenvalue weighted by atomic mass is 16.7. The van der Waals surface area contributed by atoms with Crippen molar-refractivity contribution < 1.29 is 24.2 Å². The maximum Gasteiger partial charge on any atom is 0.323 e. The predicted octanol–water partition coefficient (Wildman–Crippen LogP) is 2.08. The Balaban J connectivity index is 2.06. The Morgan fingerprint density at radius 2 is 1.82 bits per heavy atom. The summed E-state index contributed by atoms with van der Waals surface area (Å²) < 4.78 is 10.2. The molecule has 0 bridgehead atoms. The summed E-state index contributed by atoms with van der Waals surface area (Å²) in [4.78, 5) is 23.9. The van der Waals surface area contributed by atoms with E-state index in [2.05, 4.69) is 0 Å². The fourth-order valence-corrected chi connectivity index (χ4v) is 2.38. The van der Waals surface area contributed by atoms with E-state index >= 15 is 0 Å². The second-order valence-electron chi connectivity index (χ2n) is 5.62. The molecule has 1 saturated heterocycles. The number of hydrogen-bond donors (Lipinski definition) is 1. The molecule has 2 rings (SSSR count). The molecule has 0 spiro atoms. The van der Waals surface area contributed by atoms with Crippen molar-refractivity contribution >= 4 is 18.0 Å². The van der Waals surface area contributed by atoms with Crippen LogP contribution in [0.4, 0.5) is 0 Å². The molecule has 0 aromatic heterocycles. The molecule has 0 atom stereocenters. The third kappa shape index (κ3) is 3.95. The lowest BCUT2D eigenvalue weighted by atomic mass is 9.95. The van der Waals surface area contributed by atoms with Gasteiger partial charge in [0.2, 0.25) is 0 Å². The summed E-state index contributed by atoms with van der Waals surface area (Å²) in [7, 11) is 0. The number of esters is 2. The van der Waals surface area contributed by atoms with Gasteiger partial charge in [0, 0.05) is 13.8 Å².